The molecule has 1 saturated heterocycles. The highest BCUT2D eigenvalue weighted by atomic mass is 32.2. The van der Waals surface area contributed by atoms with E-state index in [1.165, 1.54) is 19.8 Å². The molecule has 0 aliphatic carbocycles. The Morgan fingerprint density at radius 3 is 2.42 bits per heavy atom. The van der Waals surface area contributed by atoms with E-state index >= 15 is 0 Å². The van der Waals surface area contributed by atoms with Gasteiger partial charge >= 0.3 is 0 Å². The van der Waals surface area contributed by atoms with E-state index in [0.717, 1.165) is 59.5 Å². The maximum atomic E-state index is 13.6. The molecule has 0 unspecified atom stereocenters. The van der Waals surface area contributed by atoms with Crippen LogP contribution in [0.4, 0.5) is 14.5 Å². The molecule has 0 aromatic heterocycles. The summed E-state index contributed by atoms with van der Waals surface area (Å²) in [6.45, 7) is 4.66. The molecule has 0 radical (unpaired) electrons. The van der Waals surface area contributed by atoms with Gasteiger partial charge in [0, 0.05) is 19.2 Å². The summed E-state index contributed by atoms with van der Waals surface area (Å²) in [6.07, 6.45) is 3.34. The second kappa shape index (κ2) is 9.74. The minimum Gasteiger partial charge on any atom is -0.350 e. The topological polar surface area (TPSA) is 69.7 Å². The van der Waals surface area contributed by atoms with Crippen molar-refractivity contribution in [3.63, 3.8) is 0 Å². The molecule has 1 fully saturated rings. The number of nitrogens with one attached hydrogen (secondary N) is 1. The molecule has 168 valence electrons. The Morgan fingerprint density at radius 2 is 1.77 bits per heavy atom. The van der Waals surface area contributed by atoms with Crippen molar-refractivity contribution in [1.29, 1.82) is 0 Å². The molecule has 2 aromatic carbocycles. The van der Waals surface area contributed by atoms with Crippen molar-refractivity contribution >= 4 is 21.6 Å². The van der Waals surface area contributed by atoms with E-state index in [-0.39, 0.29) is 12.2 Å². The third-order valence-corrected chi connectivity index (χ3v) is 6.55. The molecule has 0 spiro atoms. The van der Waals surface area contributed by atoms with Gasteiger partial charge in [-0.15, -0.1) is 0 Å². The summed E-state index contributed by atoms with van der Waals surface area (Å²) in [5, 5.41) is 2.74. The van der Waals surface area contributed by atoms with Crippen LogP contribution in [0.25, 0.3) is 0 Å². The maximum Gasteiger partial charge on any atom is 0.243 e. The molecule has 9 heteroatoms. The monoisotopic (exact) mass is 451 g/mol. The first-order chi connectivity index (χ1) is 14.6. The minimum absolute atomic E-state index is 0.114. The summed E-state index contributed by atoms with van der Waals surface area (Å²) in [6, 6.07) is 9.47. The molecule has 2 aromatic rings. The lowest BCUT2D eigenvalue weighted by Gasteiger charge is -2.28. The number of sulfonamides is 1. The fourth-order valence-electron chi connectivity index (χ4n) is 3.80. The number of carbonyl (C=O) groups excluding carboxylic acids is 1. The van der Waals surface area contributed by atoms with Crippen LogP contribution in [0.15, 0.2) is 42.5 Å². The van der Waals surface area contributed by atoms with Crippen LogP contribution in [-0.2, 0) is 27.9 Å². The van der Waals surface area contributed by atoms with Crippen LogP contribution in [0.3, 0.4) is 0 Å². The zero-order valence-electron chi connectivity index (χ0n) is 17.6. The highest BCUT2D eigenvalue weighted by Crippen LogP contribution is 2.23. The van der Waals surface area contributed by atoms with Crippen molar-refractivity contribution in [3.8, 4) is 0 Å². The molecular weight excluding hydrogens is 424 g/mol. The second-order valence-corrected chi connectivity index (χ2v) is 9.71. The molecule has 1 atom stereocenters. The molecule has 0 bridgehead atoms. The number of halogens is 2. The van der Waals surface area contributed by atoms with Gasteiger partial charge in [0.25, 0.3) is 0 Å². The van der Waals surface area contributed by atoms with Crippen LogP contribution in [0.2, 0.25) is 0 Å². The largest absolute Gasteiger partial charge is 0.350 e. The molecule has 1 aliphatic rings. The predicted octanol–water partition coefficient (Wildman–Crippen LogP) is 3.03. The van der Waals surface area contributed by atoms with E-state index in [4.69, 9.17) is 0 Å². The summed E-state index contributed by atoms with van der Waals surface area (Å²) in [5.74, 6) is -2.82. The molecule has 6 nitrogen and oxygen atoms in total. The first-order valence-corrected chi connectivity index (χ1v) is 12.0. The third kappa shape index (κ3) is 6.01. The predicted molar refractivity (Wildman–Crippen MR) is 116 cm³/mol. The molecule has 1 amide bonds. The van der Waals surface area contributed by atoms with E-state index in [1.54, 1.807) is 0 Å². The number of anilines is 1. The smallest absolute Gasteiger partial charge is 0.243 e. The number of carbonyl (C=O) groups is 1. The Labute approximate surface area is 181 Å². The van der Waals surface area contributed by atoms with Gasteiger partial charge in [0.2, 0.25) is 15.9 Å². The molecule has 0 saturated carbocycles. The lowest BCUT2D eigenvalue weighted by atomic mass is 10.1. The van der Waals surface area contributed by atoms with Crippen LogP contribution in [0, 0.1) is 11.6 Å². The molecular formula is C22H27F2N3O3S. The van der Waals surface area contributed by atoms with E-state index < -0.39 is 33.6 Å². The number of rotatable bonds is 8. The molecule has 1 heterocycles. The Morgan fingerprint density at radius 1 is 1.10 bits per heavy atom. The summed E-state index contributed by atoms with van der Waals surface area (Å²) in [7, 11) is -3.92. The number of hydrogen-bond acceptors (Lipinski definition) is 4. The Balaban J connectivity index is 1.68. The first kappa shape index (κ1) is 23.1. The fraction of sp³-hybridized carbons (Fsp3) is 0.409. The van der Waals surface area contributed by atoms with Gasteiger partial charge < -0.3 is 5.32 Å². The van der Waals surface area contributed by atoms with E-state index in [9.17, 15) is 22.0 Å². The quantitative estimate of drug-likeness (QED) is 0.670. The van der Waals surface area contributed by atoms with E-state index in [2.05, 4.69) is 10.2 Å². The zero-order chi connectivity index (χ0) is 22.6. The number of benzene rings is 2. The van der Waals surface area contributed by atoms with Gasteiger partial charge in [-0.3, -0.25) is 14.0 Å². The average Bonchev–Trinajstić information content (AvgIpc) is 3.21. The van der Waals surface area contributed by atoms with Crippen molar-refractivity contribution < 1.29 is 22.0 Å². The highest BCUT2D eigenvalue weighted by molar-refractivity contribution is 7.92. The Kier molecular flexibility index (Phi) is 7.27. The summed E-state index contributed by atoms with van der Waals surface area (Å²) < 4.78 is 52.3. The van der Waals surface area contributed by atoms with Crippen molar-refractivity contribution in [3.05, 3.63) is 65.2 Å². The normalized spacial score (nSPS) is 15.6. The van der Waals surface area contributed by atoms with Gasteiger partial charge in [-0.2, -0.15) is 0 Å². The van der Waals surface area contributed by atoms with Gasteiger partial charge in [-0.05, 0) is 56.1 Å². The van der Waals surface area contributed by atoms with Crippen LogP contribution in [-0.4, -0.2) is 44.6 Å². The second-order valence-electron chi connectivity index (χ2n) is 7.85. The molecule has 31 heavy (non-hydrogen) atoms. The Bertz CT molecular complexity index is 1040. The fourth-order valence-corrected chi connectivity index (χ4v) is 4.97. The van der Waals surface area contributed by atoms with E-state index in [1.807, 2.05) is 24.3 Å². The first-order valence-electron chi connectivity index (χ1n) is 10.2. The lowest BCUT2D eigenvalue weighted by molar-refractivity contribution is -0.122. The summed E-state index contributed by atoms with van der Waals surface area (Å²) in [5.41, 5.74) is 1.94. The van der Waals surface area contributed by atoms with Crippen molar-refractivity contribution in [2.45, 2.75) is 38.9 Å². The van der Waals surface area contributed by atoms with Crippen LogP contribution in [0.5, 0.6) is 0 Å². The zero-order valence-corrected chi connectivity index (χ0v) is 18.5. The molecule has 3 rings (SSSR count). The lowest BCUT2D eigenvalue weighted by Crippen LogP contribution is -2.47. The molecule has 1 N–H and O–H groups in total. The van der Waals surface area contributed by atoms with Gasteiger partial charge in [0.15, 0.2) is 11.6 Å². The number of amides is 1. The van der Waals surface area contributed by atoms with Crippen LogP contribution >= 0.6 is 0 Å². The number of nitrogens with zero attached hydrogens (tertiary/aromatic N) is 2. The number of likely N-dealkylation sites (tertiary alicyclic amines) is 1. The van der Waals surface area contributed by atoms with Gasteiger partial charge in [-0.25, -0.2) is 17.2 Å². The maximum absolute atomic E-state index is 13.6. The summed E-state index contributed by atoms with van der Waals surface area (Å²) >= 11 is 0. The number of hydrogen-bond donors (Lipinski definition) is 1. The average molecular weight is 452 g/mol. The van der Waals surface area contributed by atoms with Crippen molar-refractivity contribution in [2.24, 2.45) is 0 Å². The van der Waals surface area contributed by atoms with Crippen molar-refractivity contribution in [2.75, 3.05) is 23.7 Å². The summed E-state index contributed by atoms with van der Waals surface area (Å²) in [4.78, 5) is 15.1. The van der Waals surface area contributed by atoms with E-state index in [0.29, 0.717) is 0 Å². The minimum atomic E-state index is -3.92. The van der Waals surface area contributed by atoms with Crippen LogP contribution < -0.4 is 9.62 Å². The third-order valence-electron chi connectivity index (χ3n) is 5.31. The standard InChI is InChI=1S/C22H27F2N3O3S/c1-16(27(31(2,29)30)19-8-9-20(23)21(24)13-19)22(28)25-14-17-6-5-7-18(12-17)15-26-10-3-4-11-26/h5-9,12-13,16H,3-4,10-11,14-15H2,1-2H3,(H,25,28)/t16-/m0/s1. The van der Waals surface area contributed by atoms with Gasteiger partial charge in [-0.1, -0.05) is 24.3 Å². The Hall–Kier alpha value is -2.52. The highest BCUT2D eigenvalue weighted by Gasteiger charge is 2.29. The van der Waals surface area contributed by atoms with Gasteiger partial charge in [0.1, 0.15) is 6.04 Å². The van der Waals surface area contributed by atoms with Crippen molar-refractivity contribution in [1.82, 2.24) is 10.2 Å². The molecule has 1 aliphatic heterocycles. The van der Waals surface area contributed by atoms with Gasteiger partial charge in [0.05, 0.1) is 11.9 Å². The van der Waals surface area contributed by atoms with Crippen LogP contribution in [0.1, 0.15) is 30.9 Å². The SMILES string of the molecule is C[C@@H](C(=O)NCc1cccc(CN2CCCC2)c1)N(c1ccc(F)c(F)c1)S(C)(=O)=O.